The van der Waals surface area contributed by atoms with Crippen LogP contribution in [-0.2, 0) is 6.42 Å². The average molecular weight is 358 g/mol. The molecule has 1 aliphatic heterocycles. The Morgan fingerprint density at radius 2 is 2.08 bits per heavy atom. The molecule has 2 N–H and O–H groups in total. The maximum absolute atomic E-state index is 14.4. The number of halogens is 2. The normalized spacial score (nSPS) is 18.5. The lowest BCUT2D eigenvalue weighted by Gasteiger charge is -2.24. The number of hydrogen-bond acceptors (Lipinski definition) is 5. The summed E-state index contributed by atoms with van der Waals surface area (Å²) in [6, 6.07) is 8.98. The fraction of sp³-hybridized carbons (Fsp3) is 0.389. The molecule has 0 amide bonds. The number of aromatic amines is 1. The first-order valence-corrected chi connectivity index (χ1v) is 8.64. The van der Waals surface area contributed by atoms with Crippen molar-refractivity contribution >= 4 is 16.9 Å². The van der Waals surface area contributed by atoms with Gasteiger partial charge in [0, 0.05) is 25.6 Å². The molecule has 26 heavy (non-hydrogen) atoms. The van der Waals surface area contributed by atoms with Gasteiger partial charge in [0.2, 0.25) is 0 Å². The number of anilines is 1. The second-order valence-corrected chi connectivity index (χ2v) is 6.74. The van der Waals surface area contributed by atoms with Gasteiger partial charge in [-0.25, -0.2) is 18.7 Å². The smallest absolute Gasteiger partial charge is 0.264 e. The van der Waals surface area contributed by atoms with Crippen LogP contribution in [0.4, 0.5) is 14.6 Å². The molecule has 1 atom stereocenters. The van der Waals surface area contributed by atoms with E-state index in [0.29, 0.717) is 30.1 Å². The zero-order valence-corrected chi connectivity index (χ0v) is 14.2. The lowest BCUT2D eigenvalue weighted by Crippen LogP contribution is -2.38. The zero-order valence-electron chi connectivity index (χ0n) is 14.2. The molecule has 1 fully saturated rings. The van der Waals surface area contributed by atoms with E-state index in [4.69, 9.17) is 0 Å². The summed E-state index contributed by atoms with van der Waals surface area (Å²) < 4.78 is 28.8. The summed E-state index contributed by atoms with van der Waals surface area (Å²) in [5, 5.41) is 10.9. The van der Waals surface area contributed by atoms with Crippen LogP contribution in [-0.4, -0.2) is 56.7 Å². The standard InChI is InChI=1S/C18H20F2N6/c19-18(20,8-13-4-2-1-3-5-13)11-26-7-6-14(10-26)24-16-15-9-23-25-17(15)22-12-21-16/h1-5,9,12,14H,6-8,10-11H2,(H2,21,22,23,24,25). The van der Waals surface area contributed by atoms with E-state index in [2.05, 4.69) is 25.5 Å². The summed E-state index contributed by atoms with van der Waals surface area (Å²) in [7, 11) is 0. The van der Waals surface area contributed by atoms with E-state index < -0.39 is 5.92 Å². The number of benzene rings is 1. The van der Waals surface area contributed by atoms with Crippen molar-refractivity contribution in [3.63, 3.8) is 0 Å². The highest BCUT2D eigenvalue weighted by Crippen LogP contribution is 2.25. The molecule has 1 saturated heterocycles. The van der Waals surface area contributed by atoms with Crippen molar-refractivity contribution in [2.75, 3.05) is 25.0 Å². The van der Waals surface area contributed by atoms with Crippen LogP contribution in [0.3, 0.4) is 0 Å². The molecular formula is C18H20F2N6. The Bertz CT molecular complexity index is 866. The minimum Gasteiger partial charge on any atom is -0.365 e. The van der Waals surface area contributed by atoms with Gasteiger partial charge in [-0.2, -0.15) is 5.10 Å². The van der Waals surface area contributed by atoms with Crippen molar-refractivity contribution in [1.82, 2.24) is 25.1 Å². The van der Waals surface area contributed by atoms with Crippen LogP contribution < -0.4 is 5.32 Å². The first-order valence-electron chi connectivity index (χ1n) is 8.64. The molecule has 2 aromatic heterocycles. The summed E-state index contributed by atoms with van der Waals surface area (Å²) in [6.45, 7) is 0.973. The summed E-state index contributed by atoms with van der Waals surface area (Å²) in [4.78, 5) is 10.2. The average Bonchev–Trinajstić information content (AvgIpc) is 3.25. The van der Waals surface area contributed by atoms with Gasteiger partial charge in [-0.3, -0.25) is 10.00 Å². The minimum atomic E-state index is -2.75. The molecule has 3 aromatic rings. The lowest BCUT2D eigenvalue weighted by atomic mass is 10.1. The monoisotopic (exact) mass is 358 g/mol. The van der Waals surface area contributed by atoms with Crippen molar-refractivity contribution in [1.29, 1.82) is 0 Å². The predicted molar refractivity (Wildman–Crippen MR) is 95.2 cm³/mol. The summed E-state index contributed by atoms with van der Waals surface area (Å²) in [6.07, 6.45) is 3.69. The summed E-state index contributed by atoms with van der Waals surface area (Å²) in [5.41, 5.74) is 1.32. The quantitative estimate of drug-likeness (QED) is 0.709. The third-order valence-electron chi connectivity index (χ3n) is 4.62. The molecule has 0 aliphatic carbocycles. The molecular weight excluding hydrogens is 338 g/mol. The van der Waals surface area contributed by atoms with Crippen LogP contribution in [0.15, 0.2) is 42.9 Å². The van der Waals surface area contributed by atoms with Gasteiger partial charge >= 0.3 is 0 Å². The first-order chi connectivity index (χ1) is 12.6. The Balaban J connectivity index is 1.35. The van der Waals surface area contributed by atoms with Crippen molar-refractivity contribution in [2.24, 2.45) is 0 Å². The zero-order chi connectivity index (χ0) is 18.0. The largest absolute Gasteiger partial charge is 0.365 e. The third-order valence-corrected chi connectivity index (χ3v) is 4.62. The second-order valence-electron chi connectivity index (χ2n) is 6.74. The number of fused-ring (bicyclic) bond motifs is 1. The van der Waals surface area contributed by atoms with Crippen LogP contribution >= 0.6 is 0 Å². The van der Waals surface area contributed by atoms with Gasteiger partial charge in [0.15, 0.2) is 5.65 Å². The summed E-state index contributed by atoms with van der Waals surface area (Å²) in [5.74, 6) is -2.06. The van der Waals surface area contributed by atoms with Crippen LogP contribution in [0.5, 0.6) is 0 Å². The van der Waals surface area contributed by atoms with E-state index >= 15 is 0 Å². The van der Waals surface area contributed by atoms with Gasteiger partial charge in [-0.1, -0.05) is 30.3 Å². The predicted octanol–water partition coefficient (Wildman–Crippen LogP) is 2.72. The molecule has 1 aromatic carbocycles. The van der Waals surface area contributed by atoms with Crippen LogP contribution in [0.1, 0.15) is 12.0 Å². The van der Waals surface area contributed by atoms with Crippen molar-refractivity contribution < 1.29 is 8.78 Å². The van der Waals surface area contributed by atoms with E-state index in [-0.39, 0.29) is 19.0 Å². The van der Waals surface area contributed by atoms with Gasteiger partial charge in [-0.05, 0) is 12.0 Å². The number of rotatable bonds is 6. The van der Waals surface area contributed by atoms with E-state index in [1.807, 2.05) is 11.0 Å². The molecule has 0 saturated carbocycles. The van der Waals surface area contributed by atoms with E-state index in [0.717, 1.165) is 11.8 Å². The van der Waals surface area contributed by atoms with Crippen LogP contribution in [0, 0.1) is 0 Å². The molecule has 1 unspecified atom stereocenters. The number of alkyl halides is 2. The minimum absolute atomic E-state index is 0.0792. The van der Waals surface area contributed by atoms with Crippen LogP contribution in [0.25, 0.3) is 11.0 Å². The highest BCUT2D eigenvalue weighted by molar-refractivity contribution is 5.85. The van der Waals surface area contributed by atoms with Crippen molar-refractivity contribution in [2.45, 2.75) is 24.8 Å². The number of aromatic nitrogens is 4. The Kier molecular flexibility index (Phi) is 4.50. The maximum Gasteiger partial charge on any atom is 0.264 e. The fourth-order valence-electron chi connectivity index (χ4n) is 3.44. The molecule has 3 heterocycles. The van der Waals surface area contributed by atoms with Crippen molar-refractivity contribution in [3.05, 3.63) is 48.4 Å². The number of nitrogens with zero attached hydrogens (tertiary/aromatic N) is 4. The van der Waals surface area contributed by atoms with Gasteiger partial charge in [0.1, 0.15) is 12.1 Å². The molecule has 0 spiro atoms. The third kappa shape index (κ3) is 3.80. The topological polar surface area (TPSA) is 69.7 Å². The molecule has 8 heteroatoms. The fourth-order valence-corrected chi connectivity index (χ4v) is 3.44. The maximum atomic E-state index is 14.4. The van der Waals surface area contributed by atoms with E-state index in [1.54, 1.807) is 30.5 Å². The lowest BCUT2D eigenvalue weighted by molar-refractivity contribution is -0.0265. The highest BCUT2D eigenvalue weighted by Gasteiger charge is 2.35. The van der Waals surface area contributed by atoms with Gasteiger partial charge in [0.25, 0.3) is 5.92 Å². The Morgan fingerprint density at radius 3 is 2.92 bits per heavy atom. The molecule has 1 aliphatic rings. The van der Waals surface area contributed by atoms with E-state index in [9.17, 15) is 8.78 Å². The SMILES string of the molecule is FC(F)(Cc1ccccc1)CN1CCC(Nc2ncnc3[nH]ncc23)C1. The Morgan fingerprint density at radius 1 is 1.23 bits per heavy atom. The first kappa shape index (κ1) is 16.8. The van der Waals surface area contributed by atoms with Gasteiger partial charge in [-0.15, -0.1) is 0 Å². The van der Waals surface area contributed by atoms with Crippen LogP contribution in [0.2, 0.25) is 0 Å². The summed E-state index contributed by atoms with van der Waals surface area (Å²) >= 11 is 0. The number of likely N-dealkylation sites (tertiary alicyclic amines) is 1. The number of nitrogens with one attached hydrogen (secondary N) is 2. The second kappa shape index (κ2) is 6.95. The van der Waals surface area contributed by atoms with E-state index in [1.165, 1.54) is 6.33 Å². The van der Waals surface area contributed by atoms with Gasteiger partial charge in [0.05, 0.1) is 18.1 Å². The number of hydrogen-bond donors (Lipinski definition) is 2. The molecule has 0 radical (unpaired) electrons. The molecule has 4 rings (SSSR count). The molecule has 6 nitrogen and oxygen atoms in total. The van der Waals surface area contributed by atoms with Gasteiger partial charge < -0.3 is 5.32 Å². The Labute approximate surface area is 149 Å². The molecule has 0 bridgehead atoms. The molecule has 136 valence electrons. The Hall–Kier alpha value is -2.61. The highest BCUT2D eigenvalue weighted by atomic mass is 19.3. The van der Waals surface area contributed by atoms with Crippen molar-refractivity contribution in [3.8, 4) is 0 Å². The number of H-pyrrole nitrogens is 1.